The average molecular weight is 370 g/mol. The normalized spacial score (nSPS) is 29.2. The van der Waals surface area contributed by atoms with E-state index in [4.69, 9.17) is 20.3 Å². The Kier molecular flexibility index (Phi) is 5.84. The van der Waals surface area contributed by atoms with Gasteiger partial charge in [-0.1, -0.05) is 12.1 Å². The molecule has 2 amide bonds. The van der Waals surface area contributed by atoms with Gasteiger partial charge in [-0.05, 0) is 31.5 Å². The number of benzene rings is 1. The maximum absolute atomic E-state index is 11.1. The first-order valence-corrected chi connectivity index (χ1v) is 7.80. The van der Waals surface area contributed by atoms with E-state index in [2.05, 4.69) is 5.32 Å². The molecule has 2 unspecified atom stereocenters. The van der Waals surface area contributed by atoms with Crippen molar-refractivity contribution in [2.45, 2.75) is 50.2 Å². The molecule has 1 aliphatic rings. The van der Waals surface area contributed by atoms with E-state index in [9.17, 15) is 24.9 Å². The lowest BCUT2D eigenvalue weighted by Gasteiger charge is -2.41. The molecule has 5 atom stereocenters. The van der Waals surface area contributed by atoms with E-state index >= 15 is 0 Å². The van der Waals surface area contributed by atoms with Crippen molar-refractivity contribution in [2.24, 2.45) is 5.73 Å². The topological polar surface area (TPSA) is 172 Å². The number of hydrogen-bond donors (Lipinski definition) is 6. The minimum atomic E-state index is -1.79. The van der Waals surface area contributed by atoms with Crippen LogP contribution in [0.15, 0.2) is 24.3 Å². The molecule has 1 aromatic carbocycles. The Morgan fingerprint density at radius 3 is 2.19 bits per heavy atom. The molecule has 1 aromatic rings. The van der Waals surface area contributed by atoms with Crippen LogP contribution in [0.3, 0.4) is 0 Å². The number of carbonyl (C=O) groups is 2. The number of aliphatic hydroxyl groups is 3. The molecule has 10 heteroatoms. The van der Waals surface area contributed by atoms with Gasteiger partial charge >= 0.3 is 12.0 Å². The van der Waals surface area contributed by atoms with Crippen LogP contribution >= 0.6 is 0 Å². The van der Waals surface area contributed by atoms with E-state index in [-0.39, 0.29) is 0 Å². The van der Waals surface area contributed by atoms with E-state index in [1.807, 2.05) is 0 Å². The molecule has 0 radical (unpaired) electrons. The summed E-state index contributed by atoms with van der Waals surface area (Å²) < 4.78 is 10.8. The van der Waals surface area contributed by atoms with Crippen molar-refractivity contribution in [3.8, 4) is 0 Å². The predicted molar refractivity (Wildman–Crippen MR) is 88.1 cm³/mol. The highest BCUT2D eigenvalue weighted by Crippen LogP contribution is 2.32. The van der Waals surface area contributed by atoms with Crippen LogP contribution in [0.2, 0.25) is 0 Å². The second-order valence-corrected chi connectivity index (χ2v) is 6.43. The molecule has 0 aliphatic carbocycles. The number of urea groups is 1. The summed E-state index contributed by atoms with van der Waals surface area (Å²) >= 11 is 0. The Bertz CT molecular complexity index is 663. The number of anilines is 1. The molecule has 144 valence electrons. The van der Waals surface area contributed by atoms with Crippen LogP contribution in [0, 0.1) is 0 Å². The summed E-state index contributed by atoms with van der Waals surface area (Å²) in [6.45, 7) is 3.29. The Balaban J connectivity index is 2.16. The van der Waals surface area contributed by atoms with Gasteiger partial charge in [0.25, 0.3) is 0 Å². The summed E-state index contributed by atoms with van der Waals surface area (Å²) in [6.07, 6.45) is -8.39. The van der Waals surface area contributed by atoms with Gasteiger partial charge in [0, 0.05) is 5.69 Å². The van der Waals surface area contributed by atoms with Crippen molar-refractivity contribution >= 4 is 17.7 Å². The van der Waals surface area contributed by atoms with E-state index in [0.29, 0.717) is 11.3 Å². The van der Waals surface area contributed by atoms with Gasteiger partial charge in [-0.25, -0.2) is 9.59 Å². The zero-order chi connectivity index (χ0) is 19.6. The Morgan fingerprint density at radius 1 is 1.12 bits per heavy atom. The molecule has 1 heterocycles. The number of aliphatic carboxylic acids is 1. The van der Waals surface area contributed by atoms with Crippen molar-refractivity contribution in [3.05, 3.63) is 29.8 Å². The number of carbonyl (C=O) groups excluding carboxylic acids is 1. The van der Waals surface area contributed by atoms with E-state index in [0.717, 1.165) is 0 Å². The van der Waals surface area contributed by atoms with Crippen LogP contribution in [0.5, 0.6) is 0 Å². The first kappa shape index (κ1) is 20.1. The number of primary amides is 1. The molecule has 1 fully saturated rings. The minimum Gasteiger partial charge on any atom is -0.479 e. The smallest absolute Gasteiger partial charge is 0.335 e. The number of ether oxygens (including phenoxy) is 2. The summed E-state index contributed by atoms with van der Waals surface area (Å²) in [5, 5.41) is 41.1. The third-order valence-corrected chi connectivity index (χ3v) is 4.07. The highest BCUT2D eigenvalue weighted by molar-refractivity contribution is 5.87. The van der Waals surface area contributed by atoms with Crippen molar-refractivity contribution in [1.82, 2.24) is 0 Å². The number of hydrogen-bond acceptors (Lipinski definition) is 7. The van der Waals surface area contributed by atoms with Crippen LogP contribution in [0.4, 0.5) is 10.5 Å². The molecule has 0 aromatic heterocycles. The van der Waals surface area contributed by atoms with Crippen LogP contribution in [0.1, 0.15) is 19.4 Å². The Labute approximate surface area is 149 Å². The summed E-state index contributed by atoms with van der Waals surface area (Å²) in [4.78, 5) is 22.0. The van der Waals surface area contributed by atoms with Gasteiger partial charge in [0.15, 0.2) is 12.4 Å². The van der Waals surface area contributed by atoms with E-state index in [1.54, 1.807) is 38.1 Å². The SMILES string of the molecule is CC(C)(O[C@@H]1OC(C(=O)O)[C@H](O)[C@H](O)C1O)c1ccc(NC(N)=O)cc1. The minimum absolute atomic E-state index is 0.468. The largest absolute Gasteiger partial charge is 0.479 e. The average Bonchev–Trinajstić information content (AvgIpc) is 2.55. The third kappa shape index (κ3) is 4.29. The molecular formula is C16H22N2O8. The molecule has 0 spiro atoms. The fraction of sp³-hybridized carbons (Fsp3) is 0.500. The second-order valence-electron chi connectivity index (χ2n) is 6.43. The Hall–Kier alpha value is -2.24. The molecule has 1 aliphatic heterocycles. The monoisotopic (exact) mass is 370 g/mol. The van der Waals surface area contributed by atoms with Crippen LogP contribution < -0.4 is 11.1 Å². The first-order valence-electron chi connectivity index (χ1n) is 7.80. The summed E-state index contributed by atoms with van der Waals surface area (Å²) in [7, 11) is 0. The molecular weight excluding hydrogens is 348 g/mol. The first-order chi connectivity index (χ1) is 12.0. The second kappa shape index (κ2) is 7.56. The number of aliphatic hydroxyl groups excluding tert-OH is 3. The van der Waals surface area contributed by atoms with Crippen LogP contribution in [-0.2, 0) is 19.9 Å². The highest BCUT2D eigenvalue weighted by Gasteiger charge is 2.48. The number of nitrogens with one attached hydrogen (secondary N) is 1. The maximum atomic E-state index is 11.1. The van der Waals surface area contributed by atoms with Gasteiger partial charge in [0.1, 0.15) is 18.3 Å². The van der Waals surface area contributed by atoms with Crippen LogP contribution in [-0.4, -0.2) is 63.1 Å². The number of nitrogens with two attached hydrogens (primary N) is 1. The van der Waals surface area contributed by atoms with Gasteiger partial charge in [-0.3, -0.25) is 0 Å². The molecule has 10 nitrogen and oxygen atoms in total. The van der Waals surface area contributed by atoms with Crippen LogP contribution in [0.25, 0.3) is 0 Å². The number of rotatable bonds is 5. The number of amides is 2. The lowest BCUT2D eigenvalue weighted by Crippen LogP contribution is -2.61. The third-order valence-electron chi connectivity index (χ3n) is 4.07. The molecule has 0 bridgehead atoms. The standard InChI is InChI=1S/C16H22N2O8/c1-16(2,7-3-5-8(6-4-7)18-15(17)24)26-14-11(21)9(19)10(20)12(25-14)13(22)23/h3-6,9-12,14,19-21H,1-2H3,(H,22,23)(H3,17,18,24)/t9-,10+,11?,12?,14-/m0/s1. The zero-order valence-electron chi connectivity index (χ0n) is 14.2. The van der Waals surface area contributed by atoms with Crippen molar-refractivity contribution in [1.29, 1.82) is 0 Å². The van der Waals surface area contributed by atoms with E-state index in [1.165, 1.54) is 0 Å². The van der Waals surface area contributed by atoms with Crippen molar-refractivity contribution < 1.29 is 39.5 Å². The fourth-order valence-electron chi connectivity index (χ4n) is 2.60. The lowest BCUT2D eigenvalue weighted by atomic mass is 9.96. The zero-order valence-corrected chi connectivity index (χ0v) is 14.2. The van der Waals surface area contributed by atoms with Gasteiger partial charge < -0.3 is 41.0 Å². The molecule has 2 rings (SSSR count). The number of carboxylic acid groups (broad SMARTS) is 1. The summed E-state index contributed by atoms with van der Waals surface area (Å²) in [5.41, 5.74) is 5.07. The molecule has 26 heavy (non-hydrogen) atoms. The van der Waals surface area contributed by atoms with Crippen molar-refractivity contribution in [2.75, 3.05) is 5.32 Å². The maximum Gasteiger partial charge on any atom is 0.335 e. The van der Waals surface area contributed by atoms with Gasteiger partial charge in [0.05, 0.1) is 5.60 Å². The lowest BCUT2D eigenvalue weighted by molar-refractivity contribution is -0.318. The highest BCUT2D eigenvalue weighted by atomic mass is 16.7. The van der Waals surface area contributed by atoms with Gasteiger partial charge in [0.2, 0.25) is 0 Å². The summed E-state index contributed by atoms with van der Waals surface area (Å²) in [5.74, 6) is -1.49. The molecule has 7 N–H and O–H groups in total. The number of carboxylic acids is 1. The summed E-state index contributed by atoms with van der Waals surface area (Å²) in [6, 6.07) is 5.74. The fourth-order valence-corrected chi connectivity index (χ4v) is 2.60. The van der Waals surface area contributed by atoms with Crippen molar-refractivity contribution in [3.63, 3.8) is 0 Å². The Morgan fingerprint density at radius 2 is 1.69 bits per heavy atom. The van der Waals surface area contributed by atoms with Gasteiger partial charge in [-0.15, -0.1) is 0 Å². The molecule has 0 saturated carbocycles. The van der Waals surface area contributed by atoms with Gasteiger partial charge in [-0.2, -0.15) is 0 Å². The quantitative estimate of drug-likeness (QED) is 0.396. The van der Waals surface area contributed by atoms with E-state index < -0.39 is 48.3 Å². The molecule has 1 saturated heterocycles. The predicted octanol–water partition coefficient (Wildman–Crippen LogP) is -0.679.